The molecule has 116 valence electrons. The van der Waals surface area contributed by atoms with Crippen molar-refractivity contribution in [3.8, 4) is 11.3 Å². The van der Waals surface area contributed by atoms with Gasteiger partial charge in [-0.05, 0) is 42.5 Å². The summed E-state index contributed by atoms with van der Waals surface area (Å²) in [4.78, 5) is 16.2. The number of halogens is 3. The second-order valence-electron chi connectivity index (χ2n) is 4.62. The minimum atomic E-state index is -0.820. The van der Waals surface area contributed by atoms with Crippen LogP contribution in [0.5, 0.6) is 0 Å². The summed E-state index contributed by atoms with van der Waals surface area (Å²) in [5.41, 5.74) is 0.827. The fourth-order valence-electron chi connectivity index (χ4n) is 1.92. The largest absolute Gasteiger partial charge is 0.298 e. The van der Waals surface area contributed by atoms with Crippen molar-refractivity contribution in [2.24, 2.45) is 0 Å². The van der Waals surface area contributed by atoms with Gasteiger partial charge in [0.05, 0.1) is 11.3 Å². The summed E-state index contributed by atoms with van der Waals surface area (Å²) in [5.74, 6) is -2.68. The van der Waals surface area contributed by atoms with Crippen LogP contribution >= 0.6 is 11.3 Å². The van der Waals surface area contributed by atoms with Gasteiger partial charge < -0.3 is 0 Å². The predicted molar refractivity (Wildman–Crippen MR) is 81.8 cm³/mol. The molecule has 0 radical (unpaired) electrons. The molecule has 0 unspecified atom stereocenters. The van der Waals surface area contributed by atoms with Crippen LogP contribution < -0.4 is 5.32 Å². The van der Waals surface area contributed by atoms with E-state index in [1.807, 2.05) is 0 Å². The first-order valence-corrected chi connectivity index (χ1v) is 7.39. The Morgan fingerprint density at radius 3 is 2.43 bits per heavy atom. The second-order valence-corrected chi connectivity index (χ2v) is 5.48. The highest BCUT2D eigenvalue weighted by molar-refractivity contribution is 7.14. The van der Waals surface area contributed by atoms with Crippen LogP contribution in [0, 0.1) is 17.5 Å². The van der Waals surface area contributed by atoms with Gasteiger partial charge in [0.25, 0.3) is 5.91 Å². The van der Waals surface area contributed by atoms with Gasteiger partial charge in [-0.1, -0.05) is 0 Å². The highest BCUT2D eigenvalue weighted by Crippen LogP contribution is 2.25. The maximum absolute atomic E-state index is 13.6. The molecule has 0 atom stereocenters. The smallest absolute Gasteiger partial charge is 0.260 e. The van der Waals surface area contributed by atoms with Gasteiger partial charge in [-0.25, -0.2) is 18.2 Å². The lowest BCUT2D eigenvalue weighted by molar-refractivity contribution is 0.102. The van der Waals surface area contributed by atoms with Crippen molar-refractivity contribution in [3.63, 3.8) is 0 Å². The first kappa shape index (κ1) is 15.2. The van der Waals surface area contributed by atoms with Crippen LogP contribution in [0.2, 0.25) is 0 Å². The molecule has 3 nitrogen and oxygen atoms in total. The van der Waals surface area contributed by atoms with E-state index in [1.54, 1.807) is 17.5 Å². The number of benzene rings is 2. The summed E-state index contributed by atoms with van der Waals surface area (Å²) in [7, 11) is 0. The van der Waals surface area contributed by atoms with Gasteiger partial charge in [-0.2, -0.15) is 0 Å². The normalized spacial score (nSPS) is 10.6. The lowest BCUT2D eigenvalue weighted by atomic mass is 10.2. The molecule has 1 aromatic heterocycles. The molecule has 23 heavy (non-hydrogen) atoms. The van der Waals surface area contributed by atoms with Crippen molar-refractivity contribution < 1.29 is 18.0 Å². The monoisotopic (exact) mass is 334 g/mol. The maximum Gasteiger partial charge on any atom is 0.260 e. The summed E-state index contributed by atoms with van der Waals surface area (Å²) < 4.78 is 39.6. The van der Waals surface area contributed by atoms with E-state index in [0.29, 0.717) is 11.3 Å². The fraction of sp³-hybridized carbons (Fsp3) is 0. The molecule has 0 bridgehead atoms. The third-order valence-corrected chi connectivity index (χ3v) is 3.80. The molecule has 1 amide bonds. The van der Waals surface area contributed by atoms with Crippen LogP contribution in [-0.2, 0) is 0 Å². The summed E-state index contributed by atoms with van der Waals surface area (Å²) in [6, 6.07) is 8.35. The highest BCUT2D eigenvalue weighted by atomic mass is 32.1. The SMILES string of the molecule is O=C(Nc1nc(-c2ccc(F)cc2)cs1)c1cc(F)ccc1F. The Kier molecular flexibility index (Phi) is 4.12. The minimum absolute atomic E-state index is 0.234. The van der Waals surface area contributed by atoms with E-state index in [0.717, 1.165) is 29.5 Å². The summed E-state index contributed by atoms with van der Waals surface area (Å²) in [6.45, 7) is 0. The van der Waals surface area contributed by atoms with Gasteiger partial charge in [0.15, 0.2) is 5.13 Å². The number of rotatable bonds is 3. The topological polar surface area (TPSA) is 42.0 Å². The third kappa shape index (κ3) is 3.40. The van der Waals surface area contributed by atoms with Gasteiger partial charge in [0.1, 0.15) is 17.5 Å². The number of aromatic nitrogens is 1. The second kappa shape index (κ2) is 6.21. The molecule has 7 heteroatoms. The third-order valence-electron chi connectivity index (χ3n) is 3.04. The molecule has 0 aliphatic rings. The van der Waals surface area contributed by atoms with Crippen LogP contribution in [0.3, 0.4) is 0 Å². The van der Waals surface area contributed by atoms with Crippen LogP contribution in [-0.4, -0.2) is 10.9 Å². The lowest BCUT2D eigenvalue weighted by Gasteiger charge is -2.03. The molecule has 0 aliphatic heterocycles. The molecule has 3 aromatic rings. The van der Waals surface area contributed by atoms with Gasteiger partial charge >= 0.3 is 0 Å². The summed E-state index contributed by atoms with van der Waals surface area (Å²) in [6.07, 6.45) is 0. The van der Waals surface area contributed by atoms with Crippen molar-refractivity contribution in [1.29, 1.82) is 0 Å². The zero-order valence-electron chi connectivity index (χ0n) is 11.5. The average molecular weight is 334 g/mol. The van der Waals surface area contributed by atoms with Crippen molar-refractivity contribution in [1.82, 2.24) is 4.98 Å². The molecule has 0 saturated heterocycles. The first-order valence-electron chi connectivity index (χ1n) is 6.51. The van der Waals surface area contributed by atoms with Gasteiger partial charge in [-0.15, -0.1) is 11.3 Å². The van der Waals surface area contributed by atoms with Crippen LogP contribution in [0.15, 0.2) is 47.8 Å². The number of thiazole rings is 1. The summed E-state index contributed by atoms with van der Waals surface area (Å²) in [5, 5.41) is 4.32. The highest BCUT2D eigenvalue weighted by Gasteiger charge is 2.15. The van der Waals surface area contributed by atoms with E-state index >= 15 is 0 Å². The Morgan fingerprint density at radius 2 is 1.70 bits per heavy atom. The molecule has 1 N–H and O–H groups in total. The van der Waals surface area contributed by atoms with Crippen LogP contribution in [0.1, 0.15) is 10.4 Å². The van der Waals surface area contributed by atoms with E-state index in [1.165, 1.54) is 12.1 Å². The Bertz CT molecular complexity index is 862. The molecule has 2 aromatic carbocycles. The number of hydrogen-bond acceptors (Lipinski definition) is 3. The van der Waals surface area contributed by atoms with Crippen molar-refractivity contribution in [2.75, 3.05) is 5.32 Å². The molecule has 1 heterocycles. The standard InChI is InChI=1S/C16H9F3N2OS/c17-10-3-1-9(2-4-10)14-8-23-16(20-14)21-15(22)12-7-11(18)5-6-13(12)19/h1-8H,(H,20,21,22). The number of carbonyl (C=O) groups is 1. The number of nitrogens with one attached hydrogen (secondary N) is 1. The number of nitrogens with zero attached hydrogens (tertiary/aromatic N) is 1. The number of hydrogen-bond donors (Lipinski definition) is 1. The van der Waals surface area contributed by atoms with E-state index in [-0.39, 0.29) is 10.9 Å². The molecular formula is C16H9F3N2OS. The number of amides is 1. The molecule has 0 spiro atoms. The van der Waals surface area contributed by atoms with E-state index in [4.69, 9.17) is 0 Å². The van der Waals surface area contributed by atoms with E-state index in [2.05, 4.69) is 10.3 Å². The van der Waals surface area contributed by atoms with Gasteiger partial charge in [-0.3, -0.25) is 10.1 Å². The quantitative estimate of drug-likeness (QED) is 0.767. The molecular weight excluding hydrogens is 325 g/mol. The predicted octanol–water partition coefficient (Wildman–Crippen LogP) is 4.48. The zero-order valence-corrected chi connectivity index (χ0v) is 12.3. The van der Waals surface area contributed by atoms with Gasteiger partial charge in [0, 0.05) is 10.9 Å². The zero-order chi connectivity index (χ0) is 16.4. The average Bonchev–Trinajstić information content (AvgIpc) is 2.99. The Balaban J connectivity index is 1.80. The van der Waals surface area contributed by atoms with Crippen molar-refractivity contribution in [2.45, 2.75) is 0 Å². The van der Waals surface area contributed by atoms with E-state index in [9.17, 15) is 18.0 Å². The van der Waals surface area contributed by atoms with Crippen LogP contribution in [0.4, 0.5) is 18.3 Å². The maximum atomic E-state index is 13.6. The minimum Gasteiger partial charge on any atom is -0.298 e. The van der Waals surface area contributed by atoms with Crippen LogP contribution in [0.25, 0.3) is 11.3 Å². The van der Waals surface area contributed by atoms with Crippen molar-refractivity contribution in [3.05, 3.63) is 70.9 Å². The lowest BCUT2D eigenvalue weighted by Crippen LogP contribution is -2.13. The van der Waals surface area contributed by atoms with E-state index < -0.39 is 23.1 Å². The van der Waals surface area contributed by atoms with Gasteiger partial charge in [0.2, 0.25) is 0 Å². The molecule has 0 saturated carbocycles. The number of carbonyl (C=O) groups excluding carboxylic acids is 1. The number of anilines is 1. The summed E-state index contributed by atoms with van der Waals surface area (Å²) >= 11 is 1.13. The Labute approximate surface area is 133 Å². The Morgan fingerprint density at radius 1 is 1.00 bits per heavy atom. The molecule has 0 fully saturated rings. The first-order chi connectivity index (χ1) is 11.0. The molecule has 3 rings (SSSR count). The Hall–Kier alpha value is -2.67. The van der Waals surface area contributed by atoms with Crippen molar-refractivity contribution >= 4 is 22.4 Å². The fourth-order valence-corrected chi connectivity index (χ4v) is 2.64. The molecule has 0 aliphatic carbocycles.